The molecule has 0 atom stereocenters. The predicted molar refractivity (Wildman–Crippen MR) is 82.0 cm³/mol. The van der Waals surface area contributed by atoms with Crippen LogP contribution in [0.3, 0.4) is 0 Å². The summed E-state index contributed by atoms with van der Waals surface area (Å²) in [6.07, 6.45) is 1.65. The summed E-state index contributed by atoms with van der Waals surface area (Å²) >= 11 is 2.73. The molecule has 2 heterocycles. The molecule has 1 amide bonds. The number of aromatic nitrogens is 3. The van der Waals surface area contributed by atoms with Gasteiger partial charge in [0, 0.05) is 17.3 Å². The Morgan fingerprint density at radius 1 is 1.50 bits per heavy atom. The molecule has 6 nitrogen and oxygen atoms in total. The van der Waals surface area contributed by atoms with E-state index in [2.05, 4.69) is 20.3 Å². The number of fused-ring (bicyclic) bond motifs is 1. The zero-order valence-electron chi connectivity index (χ0n) is 10.3. The van der Waals surface area contributed by atoms with Crippen molar-refractivity contribution in [3.63, 3.8) is 0 Å². The van der Waals surface area contributed by atoms with E-state index in [4.69, 9.17) is 5.73 Å². The number of amides is 1. The third kappa shape index (κ3) is 2.91. The van der Waals surface area contributed by atoms with E-state index < -0.39 is 0 Å². The van der Waals surface area contributed by atoms with Crippen LogP contribution in [0.1, 0.15) is 0 Å². The topological polar surface area (TPSA) is 96.7 Å². The minimum Gasteiger partial charge on any atom is -0.399 e. The monoisotopic (exact) mass is 305 g/mol. The summed E-state index contributed by atoms with van der Waals surface area (Å²) in [5.74, 6) is 0.166. The Kier molecular flexibility index (Phi) is 3.57. The normalized spacial score (nSPS) is 10.8. The summed E-state index contributed by atoms with van der Waals surface area (Å²) in [6, 6.07) is 5.47. The van der Waals surface area contributed by atoms with Gasteiger partial charge in [-0.05, 0) is 18.2 Å². The number of nitrogens with one attached hydrogen (secondary N) is 2. The number of thiazole rings is 1. The van der Waals surface area contributed by atoms with E-state index in [1.54, 1.807) is 12.3 Å². The summed E-state index contributed by atoms with van der Waals surface area (Å²) in [5, 5.41) is 5.83. The van der Waals surface area contributed by atoms with E-state index in [1.165, 1.54) is 23.1 Å². The molecule has 3 rings (SSSR count). The van der Waals surface area contributed by atoms with Gasteiger partial charge in [0.1, 0.15) is 0 Å². The number of carbonyl (C=O) groups is 1. The van der Waals surface area contributed by atoms with Crippen molar-refractivity contribution in [3.8, 4) is 0 Å². The van der Waals surface area contributed by atoms with Gasteiger partial charge in [-0.1, -0.05) is 11.8 Å². The number of H-pyrrole nitrogens is 1. The molecule has 0 unspecified atom stereocenters. The molecule has 0 fully saturated rings. The summed E-state index contributed by atoms with van der Waals surface area (Å²) in [5.41, 5.74) is 8.09. The number of carbonyl (C=O) groups excluding carboxylic acids is 1. The maximum absolute atomic E-state index is 11.7. The van der Waals surface area contributed by atoms with Crippen molar-refractivity contribution in [1.29, 1.82) is 0 Å². The highest BCUT2D eigenvalue weighted by Gasteiger charge is 2.08. The Balaban J connectivity index is 1.63. The first-order valence-electron chi connectivity index (χ1n) is 5.78. The Labute approximate surface area is 122 Å². The molecule has 1 aromatic carbocycles. The fourth-order valence-corrected chi connectivity index (χ4v) is 2.88. The van der Waals surface area contributed by atoms with Gasteiger partial charge in [-0.25, -0.2) is 9.97 Å². The first-order chi connectivity index (χ1) is 9.70. The predicted octanol–water partition coefficient (Wildman–Crippen LogP) is 2.33. The van der Waals surface area contributed by atoms with Crippen LogP contribution in [0.4, 0.5) is 10.8 Å². The molecule has 8 heteroatoms. The molecule has 3 aromatic rings. The quantitative estimate of drug-likeness (QED) is 0.508. The molecule has 0 aliphatic rings. The second kappa shape index (κ2) is 5.51. The van der Waals surface area contributed by atoms with Gasteiger partial charge in [0.2, 0.25) is 5.91 Å². The number of thioether (sulfide) groups is 1. The third-order valence-corrected chi connectivity index (χ3v) is 4.06. The summed E-state index contributed by atoms with van der Waals surface area (Å²) < 4.78 is 0. The molecule has 0 aliphatic heterocycles. The summed E-state index contributed by atoms with van der Waals surface area (Å²) in [7, 11) is 0. The lowest BCUT2D eigenvalue weighted by atomic mass is 10.3. The Morgan fingerprint density at radius 2 is 2.40 bits per heavy atom. The number of nitrogen functional groups attached to an aromatic ring is 1. The maximum Gasteiger partial charge on any atom is 0.236 e. The zero-order chi connectivity index (χ0) is 13.9. The van der Waals surface area contributed by atoms with Crippen LogP contribution in [0, 0.1) is 0 Å². The third-order valence-electron chi connectivity index (χ3n) is 2.50. The van der Waals surface area contributed by atoms with Crippen LogP contribution in [0.15, 0.2) is 34.9 Å². The van der Waals surface area contributed by atoms with Crippen LogP contribution in [-0.2, 0) is 4.79 Å². The molecule has 0 saturated heterocycles. The van der Waals surface area contributed by atoms with Crippen molar-refractivity contribution in [2.75, 3.05) is 16.8 Å². The average Bonchev–Trinajstić information content (AvgIpc) is 3.04. The molecule has 2 aromatic heterocycles. The molecule has 0 aliphatic carbocycles. The zero-order valence-corrected chi connectivity index (χ0v) is 11.9. The van der Waals surface area contributed by atoms with Crippen LogP contribution >= 0.6 is 23.1 Å². The van der Waals surface area contributed by atoms with E-state index >= 15 is 0 Å². The van der Waals surface area contributed by atoms with Gasteiger partial charge in [0.25, 0.3) is 0 Å². The Bertz CT molecular complexity index is 737. The number of benzene rings is 1. The van der Waals surface area contributed by atoms with Crippen molar-refractivity contribution in [3.05, 3.63) is 29.8 Å². The lowest BCUT2D eigenvalue weighted by Crippen LogP contribution is -2.13. The largest absolute Gasteiger partial charge is 0.399 e. The fourth-order valence-electron chi connectivity index (χ4n) is 1.65. The Hall–Kier alpha value is -2.06. The standard InChI is InChI=1S/C12H11N5OS2/c13-7-1-2-8-9(5-7)16-12(15-8)20-6-10(18)17-11-14-3-4-19-11/h1-5H,6,13H2,(H,15,16)(H,14,17,18). The van der Waals surface area contributed by atoms with E-state index in [0.717, 1.165) is 11.0 Å². The van der Waals surface area contributed by atoms with Gasteiger partial charge < -0.3 is 16.0 Å². The van der Waals surface area contributed by atoms with Crippen LogP contribution in [0.25, 0.3) is 11.0 Å². The number of imidazole rings is 1. The molecule has 102 valence electrons. The van der Waals surface area contributed by atoms with Gasteiger partial charge in [-0.3, -0.25) is 4.79 Å². The highest BCUT2D eigenvalue weighted by molar-refractivity contribution is 7.99. The number of hydrogen-bond acceptors (Lipinski definition) is 6. The molecule has 0 saturated carbocycles. The van der Waals surface area contributed by atoms with Gasteiger partial charge in [-0.15, -0.1) is 11.3 Å². The molecule has 0 bridgehead atoms. The lowest BCUT2D eigenvalue weighted by molar-refractivity contribution is -0.113. The second-order valence-corrected chi connectivity index (χ2v) is 5.85. The van der Waals surface area contributed by atoms with Gasteiger partial charge in [0.05, 0.1) is 16.8 Å². The van der Waals surface area contributed by atoms with Crippen molar-refractivity contribution >= 4 is 50.9 Å². The highest BCUT2D eigenvalue weighted by Crippen LogP contribution is 2.21. The molecule has 4 N–H and O–H groups in total. The molecular formula is C12H11N5OS2. The number of aromatic amines is 1. The first kappa shape index (κ1) is 12.9. The highest BCUT2D eigenvalue weighted by atomic mass is 32.2. The number of rotatable bonds is 4. The van der Waals surface area contributed by atoms with E-state index in [0.29, 0.717) is 16.0 Å². The van der Waals surface area contributed by atoms with Crippen molar-refractivity contribution in [2.45, 2.75) is 5.16 Å². The molecular weight excluding hydrogens is 294 g/mol. The SMILES string of the molecule is Nc1ccc2nc(SCC(=O)Nc3nccs3)[nH]c2c1. The fraction of sp³-hybridized carbons (Fsp3) is 0.0833. The molecule has 20 heavy (non-hydrogen) atoms. The number of anilines is 2. The molecule has 0 spiro atoms. The second-order valence-electron chi connectivity index (χ2n) is 3.99. The minimum absolute atomic E-state index is 0.107. The van der Waals surface area contributed by atoms with Crippen LogP contribution in [0.2, 0.25) is 0 Å². The van der Waals surface area contributed by atoms with Gasteiger partial charge in [-0.2, -0.15) is 0 Å². The number of nitrogens with zero attached hydrogens (tertiary/aromatic N) is 2. The van der Waals surface area contributed by atoms with Crippen LogP contribution in [0.5, 0.6) is 0 Å². The minimum atomic E-state index is -0.107. The Morgan fingerprint density at radius 3 is 3.20 bits per heavy atom. The smallest absolute Gasteiger partial charge is 0.236 e. The summed E-state index contributed by atoms with van der Waals surface area (Å²) in [4.78, 5) is 23.2. The van der Waals surface area contributed by atoms with E-state index in [1.807, 2.05) is 17.5 Å². The average molecular weight is 305 g/mol. The first-order valence-corrected chi connectivity index (χ1v) is 7.64. The van der Waals surface area contributed by atoms with Gasteiger partial charge in [0.15, 0.2) is 10.3 Å². The van der Waals surface area contributed by atoms with E-state index in [-0.39, 0.29) is 11.7 Å². The van der Waals surface area contributed by atoms with Gasteiger partial charge >= 0.3 is 0 Å². The van der Waals surface area contributed by atoms with Crippen molar-refractivity contribution < 1.29 is 4.79 Å². The number of nitrogens with two attached hydrogens (primary N) is 1. The molecule has 0 radical (unpaired) electrons. The van der Waals surface area contributed by atoms with E-state index in [9.17, 15) is 4.79 Å². The maximum atomic E-state index is 11.7. The summed E-state index contributed by atoms with van der Waals surface area (Å²) in [6.45, 7) is 0. The van der Waals surface area contributed by atoms with Crippen LogP contribution < -0.4 is 11.1 Å². The number of hydrogen-bond donors (Lipinski definition) is 3. The van der Waals surface area contributed by atoms with Crippen molar-refractivity contribution in [2.24, 2.45) is 0 Å². The van der Waals surface area contributed by atoms with Crippen LogP contribution in [-0.4, -0.2) is 26.6 Å². The lowest BCUT2D eigenvalue weighted by Gasteiger charge is -1.99. The van der Waals surface area contributed by atoms with Crippen molar-refractivity contribution in [1.82, 2.24) is 15.0 Å².